The zero-order valence-corrected chi connectivity index (χ0v) is 9.73. The fourth-order valence-electron chi connectivity index (χ4n) is 2.65. The molecule has 1 heteroatoms. The van der Waals surface area contributed by atoms with Gasteiger partial charge >= 0.3 is 0 Å². The Hall–Kier alpha value is -0.560. The van der Waals surface area contributed by atoms with Crippen molar-refractivity contribution >= 4 is 22.0 Å². The summed E-state index contributed by atoms with van der Waals surface area (Å²) in [4.78, 5) is 0. The minimum Gasteiger partial charge on any atom is -0.0795 e. The molecule has 0 N–H and O–H groups in total. The second-order valence-corrected chi connectivity index (χ2v) is 5.06. The van der Waals surface area contributed by atoms with Gasteiger partial charge in [0.2, 0.25) is 0 Å². The van der Waals surface area contributed by atoms with Crippen molar-refractivity contribution in [3.63, 3.8) is 0 Å². The summed E-state index contributed by atoms with van der Waals surface area (Å²) in [5, 5.41) is 0. The van der Waals surface area contributed by atoms with Crippen LogP contribution < -0.4 is 0 Å². The summed E-state index contributed by atoms with van der Waals surface area (Å²) in [7, 11) is 0. The van der Waals surface area contributed by atoms with Gasteiger partial charge in [-0.25, -0.2) is 0 Å². The molecular weight excluding hydrogens is 236 g/mol. The molecule has 0 saturated carbocycles. The normalized spacial score (nSPS) is 18.1. The van der Waals surface area contributed by atoms with Crippen molar-refractivity contribution in [3.05, 3.63) is 38.9 Å². The quantitative estimate of drug-likeness (QED) is 0.654. The highest BCUT2D eigenvalue weighted by Gasteiger charge is 2.19. The average molecular weight is 249 g/mol. The molecule has 1 aromatic carbocycles. The van der Waals surface area contributed by atoms with Crippen LogP contribution in [0, 0.1) is 0 Å². The Labute approximate surface area is 93.2 Å². The highest BCUT2D eigenvalue weighted by atomic mass is 79.9. The Morgan fingerprint density at radius 3 is 2.86 bits per heavy atom. The van der Waals surface area contributed by atoms with Gasteiger partial charge < -0.3 is 0 Å². The highest BCUT2D eigenvalue weighted by molar-refractivity contribution is 9.10. The molecule has 2 aliphatic carbocycles. The number of hydrogen-bond acceptors (Lipinski definition) is 0. The summed E-state index contributed by atoms with van der Waals surface area (Å²) >= 11 is 3.69. The molecule has 0 spiro atoms. The average Bonchev–Trinajstić information content (AvgIpc) is 2.67. The predicted octanol–water partition coefficient (Wildman–Crippen LogP) is 3.90. The number of aryl methyl sites for hydroxylation is 1. The van der Waals surface area contributed by atoms with E-state index in [1.807, 2.05) is 0 Å². The Balaban J connectivity index is 2.26. The van der Waals surface area contributed by atoms with E-state index in [0.29, 0.717) is 0 Å². The predicted molar refractivity (Wildman–Crippen MR) is 63.5 cm³/mol. The van der Waals surface area contributed by atoms with E-state index in [2.05, 4.69) is 34.1 Å². The van der Waals surface area contributed by atoms with Crippen LogP contribution in [0.2, 0.25) is 0 Å². The maximum Gasteiger partial charge on any atom is 0.0219 e. The summed E-state index contributed by atoms with van der Waals surface area (Å²) in [5.41, 5.74) is 6.23. The topological polar surface area (TPSA) is 0 Å². The second kappa shape index (κ2) is 3.23. The van der Waals surface area contributed by atoms with E-state index in [-0.39, 0.29) is 0 Å². The first-order valence-electron chi connectivity index (χ1n) is 5.36. The summed E-state index contributed by atoms with van der Waals surface area (Å²) < 4.78 is 1.32. The van der Waals surface area contributed by atoms with Crippen molar-refractivity contribution in [1.29, 1.82) is 0 Å². The molecule has 0 radical (unpaired) electrons. The monoisotopic (exact) mass is 248 g/mol. The molecule has 2 aliphatic rings. The fourth-order valence-corrected chi connectivity index (χ4v) is 3.30. The van der Waals surface area contributed by atoms with Crippen LogP contribution in [0.4, 0.5) is 0 Å². The summed E-state index contributed by atoms with van der Waals surface area (Å²) in [5.74, 6) is 0. The largest absolute Gasteiger partial charge is 0.0795 e. The minimum atomic E-state index is 1.11. The molecule has 0 amide bonds. The van der Waals surface area contributed by atoms with Crippen LogP contribution in [0.15, 0.2) is 16.6 Å². The first-order chi connectivity index (χ1) is 6.86. The molecule has 0 aromatic heterocycles. The summed E-state index contributed by atoms with van der Waals surface area (Å²) in [6, 6.07) is 2.35. The first-order valence-corrected chi connectivity index (χ1v) is 6.15. The van der Waals surface area contributed by atoms with E-state index in [1.165, 1.54) is 41.3 Å². The maximum absolute atomic E-state index is 3.69. The van der Waals surface area contributed by atoms with Crippen molar-refractivity contribution in [2.75, 3.05) is 0 Å². The van der Waals surface area contributed by atoms with Crippen LogP contribution >= 0.6 is 15.9 Å². The van der Waals surface area contributed by atoms with Crippen molar-refractivity contribution in [3.8, 4) is 0 Å². The van der Waals surface area contributed by atoms with Crippen molar-refractivity contribution in [1.82, 2.24) is 0 Å². The third kappa shape index (κ3) is 1.18. The Morgan fingerprint density at radius 2 is 1.93 bits per heavy atom. The fraction of sp³-hybridized carbons (Fsp3) is 0.385. The zero-order chi connectivity index (χ0) is 9.54. The molecule has 0 fully saturated rings. The number of fused-ring (bicyclic) bond motifs is 3. The van der Waals surface area contributed by atoms with E-state index < -0.39 is 0 Å². The van der Waals surface area contributed by atoms with Gasteiger partial charge in [0.25, 0.3) is 0 Å². The highest BCUT2D eigenvalue weighted by Crippen LogP contribution is 2.36. The Bertz CT molecular complexity index is 416. The van der Waals surface area contributed by atoms with Crippen molar-refractivity contribution in [2.45, 2.75) is 32.1 Å². The van der Waals surface area contributed by atoms with E-state index in [1.54, 1.807) is 11.1 Å². The van der Waals surface area contributed by atoms with E-state index in [9.17, 15) is 0 Å². The molecule has 0 aliphatic heterocycles. The van der Waals surface area contributed by atoms with Gasteiger partial charge in [-0.15, -0.1) is 0 Å². The summed E-state index contributed by atoms with van der Waals surface area (Å²) in [6.07, 6.45) is 11.0. The molecule has 0 nitrogen and oxygen atoms in total. The van der Waals surface area contributed by atoms with Gasteiger partial charge in [-0.1, -0.05) is 28.1 Å². The van der Waals surface area contributed by atoms with Crippen LogP contribution in [0.1, 0.15) is 35.1 Å². The number of hydrogen-bond donors (Lipinski definition) is 0. The van der Waals surface area contributed by atoms with Gasteiger partial charge in [0.1, 0.15) is 0 Å². The van der Waals surface area contributed by atoms with Gasteiger partial charge in [0.05, 0.1) is 0 Å². The molecule has 0 unspecified atom stereocenters. The van der Waals surface area contributed by atoms with Crippen LogP contribution in [0.5, 0.6) is 0 Å². The minimum absolute atomic E-state index is 1.11. The smallest absolute Gasteiger partial charge is 0.0219 e. The molecule has 0 atom stereocenters. The van der Waals surface area contributed by atoms with Crippen LogP contribution in [-0.4, -0.2) is 0 Å². The Morgan fingerprint density at radius 1 is 1.07 bits per heavy atom. The number of allylic oxidation sites excluding steroid dienone is 1. The molecule has 14 heavy (non-hydrogen) atoms. The van der Waals surface area contributed by atoms with Crippen LogP contribution in [-0.2, 0) is 19.3 Å². The molecule has 0 saturated heterocycles. The van der Waals surface area contributed by atoms with Crippen molar-refractivity contribution < 1.29 is 0 Å². The Kier molecular flexibility index (Phi) is 2.01. The maximum atomic E-state index is 3.69. The van der Waals surface area contributed by atoms with Gasteiger partial charge in [-0.05, 0) is 60.4 Å². The standard InChI is InChI=1S/C13H13Br/c14-13-8-9-4-1-2-5-10(9)11-6-3-7-12(11)13/h3,6,8H,1-2,4-5,7H2. The van der Waals surface area contributed by atoms with Gasteiger partial charge in [0.15, 0.2) is 0 Å². The summed E-state index contributed by atoms with van der Waals surface area (Å²) in [6.45, 7) is 0. The molecule has 0 heterocycles. The van der Waals surface area contributed by atoms with Gasteiger partial charge in [-0.2, -0.15) is 0 Å². The number of benzene rings is 1. The van der Waals surface area contributed by atoms with E-state index in [0.717, 1.165) is 6.42 Å². The SMILES string of the molecule is Brc1cc2c(c3c1CC=C3)CCCC2. The zero-order valence-electron chi connectivity index (χ0n) is 8.15. The lowest BCUT2D eigenvalue weighted by Crippen LogP contribution is -2.06. The van der Waals surface area contributed by atoms with Gasteiger partial charge in [0, 0.05) is 4.47 Å². The van der Waals surface area contributed by atoms with Crippen LogP contribution in [0.3, 0.4) is 0 Å². The molecule has 72 valence electrons. The first kappa shape index (κ1) is 8.72. The van der Waals surface area contributed by atoms with E-state index >= 15 is 0 Å². The lowest BCUT2D eigenvalue weighted by molar-refractivity contribution is 0.683. The molecule has 3 rings (SSSR count). The number of halogens is 1. The number of rotatable bonds is 0. The van der Waals surface area contributed by atoms with E-state index in [4.69, 9.17) is 0 Å². The third-order valence-electron chi connectivity index (χ3n) is 3.36. The van der Waals surface area contributed by atoms with Crippen molar-refractivity contribution in [2.24, 2.45) is 0 Å². The lowest BCUT2D eigenvalue weighted by Gasteiger charge is -2.20. The van der Waals surface area contributed by atoms with Crippen LogP contribution in [0.25, 0.3) is 6.08 Å². The molecule has 0 bridgehead atoms. The second-order valence-electron chi connectivity index (χ2n) is 4.20. The lowest BCUT2D eigenvalue weighted by atomic mass is 9.87. The molecule has 1 aromatic rings. The van der Waals surface area contributed by atoms with Gasteiger partial charge in [-0.3, -0.25) is 0 Å². The third-order valence-corrected chi connectivity index (χ3v) is 4.06. The molecular formula is C13H13Br.